The zero-order valence-corrected chi connectivity index (χ0v) is 12.5. The van der Waals surface area contributed by atoms with Crippen molar-refractivity contribution in [2.45, 2.75) is 25.7 Å². The molecule has 2 aliphatic rings. The highest BCUT2D eigenvalue weighted by Gasteiger charge is 2.33. The number of carbonyl (C=O) groups is 3. The van der Waals surface area contributed by atoms with Crippen LogP contribution in [0.5, 0.6) is 0 Å². The maximum absolute atomic E-state index is 11.9. The summed E-state index contributed by atoms with van der Waals surface area (Å²) in [5.74, 6) is -1.75. The standard InChI is InChI=1S/C15H16N4O4/c20-13-7-8-14(21)19(13)23-15(22)11-3-5-12(6-4-11)16-17-18-9-1-2-10-18/h3-6H,1-2,7-10H2. The van der Waals surface area contributed by atoms with Crippen molar-refractivity contribution < 1.29 is 19.2 Å². The van der Waals surface area contributed by atoms with E-state index in [1.54, 1.807) is 12.1 Å². The molecule has 8 heteroatoms. The predicted molar refractivity (Wildman–Crippen MR) is 78.3 cm³/mol. The second-order valence-electron chi connectivity index (χ2n) is 5.36. The van der Waals surface area contributed by atoms with E-state index < -0.39 is 17.8 Å². The van der Waals surface area contributed by atoms with Gasteiger partial charge in [-0.15, -0.1) is 10.2 Å². The Balaban J connectivity index is 1.61. The molecule has 0 atom stereocenters. The second-order valence-corrected chi connectivity index (χ2v) is 5.36. The third-order valence-electron chi connectivity index (χ3n) is 3.65. The first-order valence-electron chi connectivity index (χ1n) is 7.48. The molecule has 2 saturated heterocycles. The molecule has 8 nitrogen and oxygen atoms in total. The number of nitrogens with zero attached hydrogens (tertiary/aromatic N) is 4. The van der Waals surface area contributed by atoms with Gasteiger partial charge in [0, 0.05) is 25.9 Å². The van der Waals surface area contributed by atoms with Crippen LogP contribution in [0, 0.1) is 0 Å². The molecule has 0 spiro atoms. The third kappa shape index (κ3) is 3.53. The fraction of sp³-hybridized carbons (Fsp3) is 0.400. The molecule has 23 heavy (non-hydrogen) atoms. The first kappa shape index (κ1) is 15.1. The van der Waals surface area contributed by atoms with Crippen molar-refractivity contribution in [3.8, 4) is 0 Å². The van der Waals surface area contributed by atoms with Crippen LogP contribution < -0.4 is 0 Å². The Bertz CT molecular complexity index is 634. The number of rotatable bonds is 4. The molecular weight excluding hydrogens is 300 g/mol. The topological polar surface area (TPSA) is 91.6 Å². The average molecular weight is 316 g/mol. The first-order chi connectivity index (χ1) is 11.1. The molecule has 0 bridgehead atoms. The molecule has 0 aromatic heterocycles. The molecule has 2 fully saturated rings. The summed E-state index contributed by atoms with van der Waals surface area (Å²) in [4.78, 5) is 39.6. The zero-order valence-electron chi connectivity index (χ0n) is 12.5. The Morgan fingerprint density at radius 1 is 1.00 bits per heavy atom. The van der Waals surface area contributed by atoms with Gasteiger partial charge in [0.2, 0.25) is 0 Å². The SMILES string of the molecule is O=C(ON1C(=O)CCC1=O)c1ccc(N=NN2CCCC2)cc1. The maximum atomic E-state index is 11.9. The second kappa shape index (κ2) is 6.55. The molecular formula is C15H16N4O4. The lowest BCUT2D eigenvalue weighted by Gasteiger charge is -2.12. The predicted octanol–water partition coefficient (Wildman–Crippen LogP) is 2.00. The Morgan fingerprint density at radius 3 is 2.22 bits per heavy atom. The zero-order chi connectivity index (χ0) is 16.2. The molecule has 1 aromatic rings. The lowest BCUT2D eigenvalue weighted by Crippen LogP contribution is -2.32. The number of amides is 2. The van der Waals surface area contributed by atoms with E-state index in [0.29, 0.717) is 10.8 Å². The molecule has 120 valence electrons. The van der Waals surface area contributed by atoms with Crippen molar-refractivity contribution in [1.82, 2.24) is 10.1 Å². The minimum Gasteiger partial charge on any atom is -0.325 e. The quantitative estimate of drug-likeness (QED) is 0.626. The van der Waals surface area contributed by atoms with Crippen LogP contribution in [0.2, 0.25) is 0 Å². The van der Waals surface area contributed by atoms with Crippen molar-refractivity contribution in [2.75, 3.05) is 13.1 Å². The largest absolute Gasteiger partial charge is 0.363 e. The number of benzene rings is 1. The molecule has 0 saturated carbocycles. The van der Waals surface area contributed by atoms with Gasteiger partial charge in [0.15, 0.2) is 0 Å². The lowest BCUT2D eigenvalue weighted by molar-refractivity contribution is -0.172. The van der Waals surface area contributed by atoms with E-state index in [4.69, 9.17) is 4.84 Å². The first-order valence-corrected chi connectivity index (χ1v) is 7.48. The summed E-state index contributed by atoms with van der Waals surface area (Å²) in [5, 5.41) is 10.6. The van der Waals surface area contributed by atoms with Crippen LogP contribution in [0.3, 0.4) is 0 Å². The molecule has 0 aliphatic carbocycles. The molecule has 3 rings (SSSR count). The maximum Gasteiger partial charge on any atom is 0.363 e. The smallest absolute Gasteiger partial charge is 0.325 e. The van der Waals surface area contributed by atoms with Crippen molar-refractivity contribution in [1.29, 1.82) is 0 Å². The number of hydroxylamine groups is 2. The molecule has 1 aromatic carbocycles. The number of imide groups is 1. The van der Waals surface area contributed by atoms with Crippen molar-refractivity contribution in [2.24, 2.45) is 10.3 Å². The van der Waals surface area contributed by atoms with E-state index in [-0.39, 0.29) is 18.4 Å². The summed E-state index contributed by atoms with van der Waals surface area (Å²) in [7, 11) is 0. The van der Waals surface area contributed by atoms with Crippen LogP contribution in [-0.4, -0.2) is 40.9 Å². The normalized spacial score (nSPS) is 18.3. The summed E-state index contributed by atoms with van der Waals surface area (Å²) in [5.41, 5.74) is 0.847. The van der Waals surface area contributed by atoms with Gasteiger partial charge in [-0.25, -0.2) is 4.79 Å². The summed E-state index contributed by atoms with van der Waals surface area (Å²) in [6.45, 7) is 1.82. The Labute approximate surface area is 132 Å². The van der Waals surface area contributed by atoms with Crippen molar-refractivity contribution >= 4 is 23.5 Å². The van der Waals surface area contributed by atoms with E-state index in [1.165, 1.54) is 12.1 Å². The molecule has 0 unspecified atom stereocenters. The summed E-state index contributed by atoms with van der Waals surface area (Å²) >= 11 is 0. The Hall–Kier alpha value is -2.77. The Kier molecular flexibility index (Phi) is 4.31. The van der Waals surface area contributed by atoms with E-state index in [0.717, 1.165) is 25.9 Å². The summed E-state index contributed by atoms with van der Waals surface area (Å²) < 4.78 is 0. The van der Waals surface area contributed by atoms with Crippen LogP contribution in [0.15, 0.2) is 34.6 Å². The third-order valence-corrected chi connectivity index (χ3v) is 3.65. The van der Waals surface area contributed by atoms with Gasteiger partial charge >= 0.3 is 5.97 Å². The number of carbonyl (C=O) groups excluding carboxylic acids is 3. The van der Waals surface area contributed by atoms with Gasteiger partial charge in [-0.2, -0.15) is 0 Å². The van der Waals surface area contributed by atoms with E-state index >= 15 is 0 Å². The van der Waals surface area contributed by atoms with Crippen LogP contribution in [-0.2, 0) is 14.4 Å². The lowest BCUT2D eigenvalue weighted by atomic mass is 10.2. The van der Waals surface area contributed by atoms with Crippen molar-refractivity contribution in [3.05, 3.63) is 29.8 Å². The van der Waals surface area contributed by atoms with Gasteiger partial charge in [0.05, 0.1) is 11.3 Å². The molecule has 2 amide bonds. The molecule has 0 N–H and O–H groups in total. The van der Waals surface area contributed by atoms with E-state index in [9.17, 15) is 14.4 Å². The highest BCUT2D eigenvalue weighted by molar-refractivity contribution is 6.02. The fourth-order valence-electron chi connectivity index (χ4n) is 2.36. The average Bonchev–Trinajstić information content (AvgIpc) is 3.18. The number of hydrogen-bond acceptors (Lipinski definition) is 6. The van der Waals surface area contributed by atoms with Gasteiger partial charge in [-0.05, 0) is 37.1 Å². The molecule has 2 aliphatic heterocycles. The highest BCUT2D eigenvalue weighted by atomic mass is 16.7. The van der Waals surface area contributed by atoms with Crippen molar-refractivity contribution in [3.63, 3.8) is 0 Å². The van der Waals surface area contributed by atoms with Gasteiger partial charge < -0.3 is 4.84 Å². The minimum atomic E-state index is -0.753. The number of hydrogen-bond donors (Lipinski definition) is 0. The van der Waals surface area contributed by atoms with Crippen LogP contribution >= 0.6 is 0 Å². The van der Waals surface area contributed by atoms with Crippen LogP contribution in [0.4, 0.5) is 5.69 Å². The van der Waals surface area contributed by atoms with Gasteiger partial charge in [-0.3, -0.25) is 14.6 Å². The molecule has 0 radical (unpaired) electrons. The van der Waals surface area contributed by atoms with Gasteiger partial charge in [-0.1, -0.05) is 5.22 Å². The minimum absolute atomic E-state index is 0.0714. The monoisotopic (exact) mass is 316 g/mol. The Morgan fingerprint density at radius 2 is 1.61 bits per heavy atom. The van der Waals surface area contributed by atoms with E-state index in [2.05, 4.69) is 10.3 Å². The van der Waals surface area contributed by atoms with Crippen LogP contribution in [0.1, 0.15) is 36.0 Å². The fourth-order valence-corrected chi connectivity index (χ4v) is 2.36. The highest BCUT2D eigenvalue weighted by Crippen LogP contribution is 2.18. The van der Waals surface area contributed by atoms with Crippen LogP contribution in [0.25, 0.3) is 0 Å². The van der Waals surface area contributed by atoms with E-state index in [1.807, 2.05) is 5.01 Å². The summed E-state index contributed by atoms with van der Waals surface area (Å²) in [6.07, 6.45) is 2.39. The van der Waals surface area contributed by atoms with Gasteiger partial charge in [0.1, 0.15) is 0 Å². The van der Waals surface area contributed by atoms with Gasteiger partial charge in [0.25, 0.3) is 11.8 Å². The summed E-state index contributed by atoms with van der Waals surface area (Å²) in [6, 6.07) is 6.30. The molecule has 2 heterocycles.